The maximum atomic E-state index is 6.16. The van der Waals surface area contributed by atoms with E-state index in [1.807, 2.05) is 0 Å². The lowest BCUT2D eigenvalue weighted by atomic mass is 9.70. The van der Waals surface area contributed by atoms with Gasteiger partial charge in [0.2, 0.25) is 5.79 Å². The minimum atomic E-state index is -0.852. The second kappa shape index (κ2) is 10.0. The summed E-state index contributed by atoms with van der Waals surface area (Å²) in [6, 6.07) is 0. The van der Waals surface area contributed by atoms with E-state index >= 15 is 0 Å². The van der Waals surface area contributed by atoms with Gasteiger partial charge in [0.15, 0.2) is 0 Å². The van der Waals surface area contributed by atoms with Gasteiger partial charge in [-0.15, -0.1) is 0 Å². The highest BCUT2D eigenvalue weighted by Gasteiger charge is 2.49. The minimum absolute atomic E-state index is 0.116. The summed E-state index contributed by atoms with van der Waals surface area (Å²) in [4.78, 5) is 24.4. The lowest BCUT2D eigenvalue weighted by molar-refractivity contribution is -0.555. The fourth-order valence-corrected chi connectivity index (χ4v) is 4.53. The van der Waals surface area contributed by atoms with E-state index in [-0.39, 0.29) is 16.6 Å². The molecule has 0 amide bonds. The SMILES string of the molecule is CCCC(C)(CC)OOC1(OOC(C)(CC)CCC)CC(C)CC(C)(C)C1. The normalized spacial score (nSPS) is 29.9. The first-order valence-electron chi connectivity index (χ1n) is 11.2. The number of hydrogen-bond donors (Lipinski definition) is 0. The van der Waals surface area contributed by atoms with E-state index < -0.39 is 5.79 Å². The summed E-state index contributed by atoms with van der Waals surface area (Å²) in [6.07, 6.45) is 8.55. The Bertz CT molecular complexity index is 412. The van der Waals surface area contributed by atoms with Gasteiger partial charge in [-0.2, -0.15) is 9.78 Å². The van der Waals surface area contributed by atoms with E-state index in [0.29, 0.717) is 5.92 Å². The zero-order valence-electron chi connectivity index (χ0n) is 19.6. The van der Waals surface area contributed by atoms with Crippen LogP contribution in [-0.2, 0) is 19.6 Å². The van der Waals surface area contributed by atoms with Crippen LogP contribution in [0.25, 0.3) is 0 Å². The Hall–Kier alpha value is -0.160. The quantitative estimate of drug-likeness (QED) is 0.199. The predicted molar refractivity (Wildman–Crippen MR) is 111 cm³/mol. The summed E-state index contributed by atoms with van der Waals surface area (Å²) in [7, 11) is 0. The molecular formula is C23H46O4. The standard InChI is InChI=1S/C23H46O4/c1-10-14-21(8,12-3)24-26-23(17-19(5)16-20(6,7)18-23)27-25-22(9,13-4)15-11-2/h19H,10-18H2,1-9H3. The second-order valence-electron chi connectivity index (χ2n) is 10.2. The van der Waals surface area contributed by atoms with Crippen molar-refractivity contribution in [2.75, 3.05) is 0 Å². The van der Waals surface area contributed by atoms with E-state index in [0.717, 1.165) is 57.8 Å². The maximum Gasteiger partial charge on any atom is 0.234 e. The van der Waals surface area contributed by atoms with Gasteiger partial charge in [-0.3, -0.25) is 0 Å². The fraction of sp³-hybridized carbons (Fsp3) is 1.00. The molecule has 0 radical (unpaired) electrons. The third kappa shape index (κ3) is 7.64. The van der Waals surface area contributed by atoms with Gasteiger partial charge in [0.05, 0.1) is 0 Å². The molecule has 0 aliphatic heterocycles. The topological polar surface area (TPSA) is 36.9 Å². The van der Waals surface area contributed by atoms with Crippen LogP contribution in [0.15, 0.2) is 0 Å². The lowest BCUT2D eigenvalue weighted by Crippen LogP contribution is -2.49. The molecule has 4 heteroatoms. The molecule has 3 atom stereocenters. The summed E-state index contributed by atoms with van der Waals surface area (Å²) in [5.41, 5.74) is -0.480. The van der Waals surface area contributed by atoms with Crippen LogP contribution in [0.4, 0.5) is 0 Å². The van der Waals surface area contributed by atoms with Gasteiger partial charge in [-0.25, -0.2) is 9.78 Å². The van der Waals surface area contributed by atoms with E-state index in [1.165, 1.54) is 0 Å². The highest BCUT2D eigenvalue weighted by molar-refractivity contribution is 4.88. The van der Waals surface area contributed by atoms with Crippen molar-refractivity contribution in [1.29, 1.82) is 0 Å². The van der Waals surface area contributed by atoms with Gasteiger partial charge in [0.1, 0.15) is 11.2 Å². The van der Waals surface area contributed by atoms with E-state index in [2.05, 4.69) is 62.3 Å². The van der Waals surface area contributed by atoms with Crippen LogP contribution in [-0.4, -0.2) is 17.0 Å². The molecule has 3 unspecified atom stereocenters. The van der Waals surface area contributed by atoms with E-state index in [9.17, 15) is 0 Å². The molecular weight excluding hydrogens is 340 g/mol. The predicted octanol–water partition coefficient (Wildman–Crippen LogP) is 7.36. The molecule has 0 N–H and O–H groups in total. The van der Waals surface area contributed by atoms with Crippen LogP contribution in [0, 0.1) is 11.3 Å². The zero-order valence-corrected chi connectivity index (χ0v) is 19.6. The van der Waals surface area contributed by atoms with Crippen LogP contribution >= 0.6 is 0 Å². The monoisotopic (exact) mass is 386 g/mol. The minimum Gasteiger partial charge on any atom is -0.227 e. The number of hydrogen-bond acceptors (Lipinski definition) is 4. The third-order valence-corrected chi connectivity index (χ3v) is 6.15. The van der Waals surface area contributed by atoms with Gasteiger partial charge in [-0.1, -0.05) is 61.3 Å². The van der Waals surface area contributed by atoms with Crippen molar-refractivity contribution in [2.24, 2.45) is 11.3 Å². The molecule has 0 saturated heterocycles. The summed E-state index contributed by atoms with van der Waals surface area (Å²) in [5, 5.41) is 0. The molecule has 0 heterocycles. The van der Waals surface area contributed by atoms with Crippen molar-refractivity contribution in [3.05, 3.63) is 0 Å². The first-order chi connectivity index (χ1) is 12.5. The fourth-order valence-electron chi connectivity index (χ4n) is 4.53. The number of rotatable bonds is 12. The molecule has 0 spiro atoms. The van der Waals surface area contributed by atoms with Crippen molar-refractivity contribution < 1.29 is 19.6 Å². The molecule has 0 aromatic carbocycles. The van der Waals surface area contributed by atoms with Crippen molar-refractivity contribution in [2.45, 2.75) is 137 Å². The molecule has 1 aliphatic rings. The summed E-state index contributed by atoms with van der Waals surface area (Å²) in [6.45, 7) is 19.7. The van der Waals surface area contributed by atoms with Gasteiger partial charge in [0.25, 0.3) is 0 Å². The zero-order chi connectivity index (χ0) is 20.8. The molecule has 1 rings (SSSR count). The first-order valence-corrected chi connectivity index (χ1v) is 11.2. The van der Waals surface area contributed by atoms with Crippen molar-refractivity contribution in [3.63, 3.8) is 0 Å². The van der Waals surface area contributed by atoms with Gasteiger partial charge >= 0.3 is 0 Å². The van der Waals surface area contributed by atoms with E-state index in [1.54, 1.807) is 0 Å². The van der Waals surface area contributed by atoms with Gasteiger partial charge < -0.3 is 0 Å². The summed E-state index contributed by atoms with van der Waals surface area (Å²) < 4.78 is 0. The van der Waals surface area contributed by atoms with E-state index in [4.69, 9.17) is 19.6 Å². The Balaban J connectivity index is 2.99. The van der Waals surface area contributed by atoms with Crippen LogP contribution in [0.5, 0.6) is 0 Å². The molecule has 4 nitrogen and oxygen atoms in total. The molecule has 162 valence electrons. The lowest BCUT2D eigenvalue weighted by Gasteiger charge is -2.46. The van der Waals surface area contributed by atoms with Gasteiger partial charge in [0, 0.05) is 12.8 Å². The average molecular weight is 387 g/mol. The Morgan fingerprint density at radius 3 is 1.59 bits per heavy atom. The van der Waals surface area contributed by atoms with Crippen molar-refractivity contribution in [1.82, 2.24) is 0 Å². The van der Waals surface area contributed by atoms with Crippen molar-refractivity contribution in [3.8, 4) is 0 Å². The van der Waals surface area contributed by atoms with Crippen LogP contribution < -0.4 is 0 Å². The van der Waals surface area contributed by atoms with Gasteiger partial charge in [-0.05, 0) is 57.3 Å². The summed E-state index contributed by atoms with van der Waals surface area (Å²) in [5.74, 6) is -0.366. The third-order valence-electron chi connectivity index (χ3n) is 6.15. The largest absolute Gasteiger partial charge is 0.234 e. The highest BCUT2D eigenvalue weighted by atomic mass is 17.3. The Morgan fingerprint density at radius 2 is 1.26 bits per heavy atom. The Labute approximate surface area is 168 Å². The maximum absolute atomic E-state index is 6.16. The van der Waals surface area contributed by atoms with Crippen LogP contribution in [0.1, 0.15) is 120 Å². The van der Waals surface area contributed by atoms with Crippen LogP contribution in [0.2, 0.25) is 0 Å². The molecule has 0 bridgehead atoms. The summed E-state index contributed by atoms with van der Waals surface area (Å²) >= 11 is 0. The second-order valence-corrected chi connectivity index (χ2v) is 10.2. The molecule has 1 saturated carbocycles. The molecule has 1 aliphatic carbocycles. The Kier molecular flexibility index (Phi) is 9.26. The first kappa shape index (κ1) is 24.9. The molecule has 1 fully saturated rings. The molecule has 0 aromatic heterocycles. The van der Waals surface area contributed by atoms with Crippen molar-refractivity contribution >= 4 is 0 Å². The average Bonchev–Trinajstić information content (AvgIpc) is 2.57. The smallest absolute Gasteiger partial charge is 0.227 e. The van der Waals surface area contributed by atoms with Crippen LogP contribution in [0.3, 0.4) is 0 Å². The molecule has 0 aromatic rings. The molecule has 27 heavy (non-hydrogen) atoms. The Morgan fingerprint density at radius 1 is 0.815 bits per heavy atom. The highest BCUT2D eigenvalue weighted by Crippen LogP contribution is 2.47.